The van der Waals surface area contributed by atoms with Crippen molar-refractivity contribution in [1.82, 2.24) is 4.90 Å². The fraction of sp³-hybridized carbons (Fsp3) is 0.727. The topological polar surface area (TPSA) is 40.5 Å². The van der Waals surface area contributed by atoms with Gasteiger partial charge in [0, 0.05) is 6.54 Å². The summed E-state index contributed by atoms with van der Waals surface area (Å²) in [5, 5.41) is 9.03. The Morgan fingerprint density at radius 1 is 1.64 bits per heavy atom. The predicted octanol–water partition coefficient (Wildman–Crippen LogP) is 1.75. The molecular weight excluding hydrogens is 178 g/mol. The average molecular weight is 197 g/mol. The normalized spacial score (nSPS) is 28.7. The maximum absolute atomic E-state index is 11.0. The van der Waals surface area contributed by atoms with Crippen LogP contribution in [-0.2, 0) is 4.79 Å². The summed E-state index contributed by atoms with van der Waals surface area (Å²) < 4.78 is 0. The molecule has 3 heteroatoms. The molecule has 2 atom stereocenters. The molecule has 1 fully saturated rings. The van der Waals surface area contributed by atoms with E-state index in [1.165, 1.54) is 0 Å². The second kappa shape index (κ2) is 5.15. The van der Waals surface area contributed by atoms with Crippen LogP contribution >= 0.6 is 0 Å². The van der Waals surface area contributed by atoms with E-state index < -0.39 is 5.97 Å². The largest absolute Gasteiger partial charge is 0.480 e. The molecule has 80 valence electrons. The van der Waals surface area contributed by atoms with Crippen molar-refractivity contribution < 1.29 is 9.90 Å². The average Bonchev–Trinajstić information content (AvgIpc) is 2.49. The van der Waals surface area contributed by atoms with Gasteiger partial charge in [-0.25, -0.2) is 0 Å². The van der Waals surface area contributed by atoms with Gasteiger partial charge in [0.15, 0.2) is 0 Å². The molecular formula is C11H19NO2. The number of aliphatic carboxylic acids is 1. The van der Waals surface area contributed by atoms with E-state index in [2.05, 4.69) is 17.9 Å². The van der Waals surface area contributed by atoms with Gasteiger partial charge in [-0.15, -0.1) is 0 Å². The van der Waals surface area contributed by atoms with E-state index in [0.29, 0.717) is 5.92 Å². The van der Waals surface area contributed by atoms with E-state index >= 15 is 0 Å². The fourth-order valence-electron chi connectivity index (χ4n) is 2.14. The lowest BCUT2D eigenvalue weighted by molar-refractivity contribution is -0.142. The van der Waals surface area contributed by atoms with E-state index in [1.54, 1.807) is 0 Å². The Morgan fingerprint density at radius 2 is 2.36 bits per heavy atom. The van der Waals surface area contributed by atoms with Crippen LogP contribution in [0.4, 0.5) is 0 Å². The van der Waals surface area contributed by atoms with E-state index in [0.717, 1.165) is 25.9 Å². The van der Waals surface area contributed by atoms with Gasteiger partial charge < -0.3 is 5.11 Å². The predicted molar refractivity (Wildman–Crippen MR) is 56.2 cm³/mol. The van der Waals surface area contributed by atoms with Gasteiger partial charge >= 0.3 is 5.97 Å². The minimum absolute atomic E-state index is 0.267. The minimum Gasteiger partial charge on any atom is -0.480 e. The number of carbonyl (C=O) groups is 1. The Kier molecular flexibility index (Phi) is 4.14. The van der Waals surface area contributed by atoms with Crippen LogP contribution in [0.2, 0.25) is 0 Å². The van der Waals surface area contributed by atoms with Gasteiger partial charge in [-0.3, -0.25) is 9.69 Å². The Labute approximate surface area is 85.4 Å². The third-order valence-electron chi connectivity index (χ3n) is 2.70. The van der Waals surface area contributed by atoms with Crippen molar-refractivity contribution >= 4 is 5.97 Å². The summed E-state index contributed by atoms with van der Waals surface area (Å²) >= 11 is 0. The van der Waals surface area contributed by atoms with Gasteiger partial charge in [-0.1, -0.05) is 19.1 Å². The smallest absolute Gasteiger partial charge is 0.320 e. The maximum Gasteiger partial charge on any atom is 0.320 e. The highest BCUT2D eigenvalue weighted by Gasteiger charge is 2.34. The summed E-state index contributed by atoms with van der Waals surface area (Å²) in [6.45, 7) is 5.86. The molecule has 0 amide bonds. The molecule has 14 heavy (non-hydrogen) atoms. The Bertz CT molecular complexity index is 225. The van der Waals surface area contributed by atoms with Crippen LogP contribution in [0.3, 0.4) is 0 Å². The van der Waals surface area contributed by atoms with E-state index in [4.69, 9.17) is 5.11 Å². The molecule has 0 bridgehead atoms. The van der Waals surface area contributed by atoms with Crippen LogP contribution in [0.15, 0.2) is 12.2 Å². The minimum atomic E-state index is -0.676. The number of rotatable bonds is 4. The number of likely N-dealkylation sites (tertiary alicyclic amines) is 1. The number of carboxylic acids is 1. The fourth-order valence-corrected chi connectivity index (χ4v) is 2.14. The molecule has 1 aliphatic heterocycles. The van der Waals surface area contributed by atoms with Crippen LogP contribution in [0.1, 0.15) is 26.7 Å². The molecule has 1 saturated heterocycles. The highest BCUT2D eigenvalue weighted by molar-refractivity contribution is 5.74. The Balaban J connectivity index is 2.59. The van der Waals surface area contributed by atoms with Gasteiger partial charge in [0.05, 0.1) is 0 Å². The van der Waals surface area contributed by atoms with Crippen molar-refractivity contribution in [1.29, 1.82) is 0 Å². The molecule has 0 aliphatic carbocycles. The van der Waals surface area contributed by atoms with Gasteiger partial charge in [-0.2, -0.15) is 0 Å². The zero-order valence-electron chi connectivity index (χ0n) is 8.94. The number of hydrogen-bond acceptors (Lipinski definition) is 2. The van der Waals surface area contributed by atoms with Crippen molar-refractivity contribution in [2.45, 2.75) is 32.7 Å². The van der Waals surface area contributed by atoms with Crippen molar-refractivity contribution in [3.63, 3.8) is 0 Å². The molecule has 0 radical (unpaired) electrons. The molecule has 1 N–H and O–H groups in total. The zero-order valence-corrected chi connectivity index (χ0v) is 8.94. The van der Waals surface area contributed by atoms with Crippen LogP contribution in [-0.4, -0.2) is 35.1 Å². The second-order valence-electron chi connectivity index (χ2n) is 3.87. The highest BCUT2D eigenvalue weighted by atomic mass is 16.4. The summed E-state index contributed by atoms with van der Waals surface area (Å²) in [6.07, 6.45) is 5.91. The van der Waals surface area contributed by atoms with Crippen LogP contribution < -0.4 is 0 Å². The van der Waals surface area contributed by atoms with Crippen LogP contribution in [0, 0.1) is 5.92 Å². The van der Waals surface area contributed by atoms with Gasteiger partial charge in [0.25, 0.3) is 0 Å². The SMILES string of the molecule is CC=C[C@@H]1C[C@H](C(=O)O)N(CCC)C1. The molecule has 0 aromatic rings. The first-order valence-electron chi connectivity index (χ1n) is 5.28. The summed E-state index contributed by atoms with van der Waals surface area (Å²) in [5.74, 6) is -0.252. The summed E-state index contributed by atoms with van der Waals surface area (Å²) in [4.78, 5) is 13.0. The second-order valence-corrected chi connectivity index (χ2v) is 3.87. The molecule has 1 rings (SSSR count). The molecule has 1 heterocycles. The quantitative estimate of drug-likeness (QED) is 0.698. The molecule has 0 unspecified atom stereocenters. The van der Waals surface area contributed by atoms with Crippen molar-refractivity contribution in [2.24, 2.45) is 5.92 Å². The molecule has 0 aromatic carbocycles. The van der Waals surface area contributed by atoms with Crippen molar-refractivity contribution in [3.05, 3.63) is 12.2 Å². The first-order chi connectivity index (χ1) is 6.69. The standard InChI is InChI=1S/C11H19NO2/c1-3-5-9-7-10(11(13)14)12(8-9)6-4-2/h3,5,9-10H,4,6-8H2,1-2H3,(H,13,14)/t9-,10-/m1/s1. The lowest BCUT2D eigenvalue weighted by Crippen LogP contribution is -2.36. The van der Waals surface area contributed by atoms with Crippen molar-refractivity contribution in [2.75, 3.05) is 13.1 Å². The number of carboxylic acid groups (broad SMARTS) is 1. The Morgan fingerprint density at radius 3 is 2.86 bits per heavy atom. The monoisotopic (exact) mass is 197 g/mol. The van der Waals surface area contributed by atoms with Crippen molar-refractivity contribution in [3.8, 4) is 0 Å². The summed E-state index contributed by atoms with van der Waals surface area (Å²) in [5.41, 5.74) is 0. The lowest BCUT2D eigenvalue weighted by Gasteiger charge is -2.19. The third kappa shape index (κ3) is 2.58. The molecule has 1 aliphatic rings. The van der Waals surface area contributed by atoms with Gasteiger partial charge in [0.2, 0.25) is 0 Å². The van der Waals surface area contributed by atoms with E-state index in [1.807, 2.05) is 13.0 Å². The number of nitrogens with zero attached hydrogens (tertiary/aromatic N) is 1. The van der Waals surface area contributed by atoms with Gasteiger partial charge in [-0.05, 0) is 32.2 Å². The third-order valence-corrected chi connectivity index (χ3v) is 2.70. The van der Waals surface area contributed by atoms with Gasteiger partial charge in [0.1, 0.15) is 6.04 Å². The number of allylic oxidation sites excluding steroid dienone is 1. The summed E-state index contributed by atoms with van der Waals surface area (Å²) in [7, 11) is 0. The maximum atomic E-state index is 11.0. The zero-order chi connectivity index (χ0) is 10.6. The molecule has 3 nitrogen and oxygen atoms in total. The number of hydrogen-bond donors (Lipinski definition) is 1. The molecule has 0 spiro atoms. The summed E-state index contributed by atoms with van der Waals surface area (Å²) in [6, 6.07) is -0.267. The lowest BCUT2D eigenvalue weighted by atomic mass is 10.1. The van der Waals surface area contributed by atoms with Crippen LogP contribution in [0.5, 0.6) is 0 Å². The Hall–Kier alpha value is -0.830. The highest BCUT2D eigenvalue weighted by Crippen LogP contribution is 2.24. The van der Waals surface area contributed by atoms with Crippen LogP contribution in [0.25, 0.3) is 0 Å². The van der Waals surface area contributed by atoms with E-state index in [9.17, 15) is 4.79 Å². The molecule has 0 saturated carbocycles. The first-order valence-corrected chi connectivity index (χ1v) is 5.28. The first kappa shape index (κ1) is 11.2. The molecule has 0 aromatic heterocycles. The van der Waals surface area contributed by atoms with E-state index in [-0.39, 0.29) is 6.04 Å².